The number of allylic oxidation sites excluding steroid dienone is 1. The van der Waals surface area contributed by atoms with E-state index in [-0.39, 0.29) is 5.91 Å². The smallest absolute Gasteiger partial charge is 0.223 e. The van der Waals surface area contributed by atoms with Gasteiger partial charge in [0.1, 0.15) is 0 Å². The molecule has 90 valence electrons. The Morgan fingerprint density at radius 1 is 1.35 bits per heavy atom. The number of carbonyl (C=O) groups is 1. The van der Waals surface area contributed by atoms with Gasteiger partial charge in [-0.2, -0.15) is 0 Å². The molecule has 1 aromatic rings. The van der Waals surface area contributed by atoms with Crippen LogP contribution in [0.5, 0.6) is 0 Å². The molecule has 1 aromatic carbocycles. The summed E-state index contributed by atoms with van der Waals surface area (Å²) in [7, 11) is 0. The minimum Gasteiger partial charge on any atom is -0.312 e. The van der Waals surface area contributed by atoms with Crippen molar-refractivity contribution in [1.82, 2.24) is 4.90 Å². The molecule has 1 atom stereocenters. The zero-order valence-corrected chi connectivity index (χ0v) is 10.5. The monoisotopic (exact) mass is 229 g/mol. The van der Waals surface area contributed by atoms with E-state index >= 15 is 0 Å². The number of amides is 1. The molecule has 2 heteroatoms. The molecule has 0 bridgehead atoms. The van der Waals surface area contributed by atoms with E-state index in [1.165, 1.54) is 0 Å². The SMILES string of the molecule is CCC1CC=C(c2ccccc2)N(C(C)=O)C1. The molecule has 0 fully saturated rings. The fourth-order valence-electron chi connectivity index (χ4n) is 2.30. The van der Waals surface area contributed by atoms with Gasteiger partial charge in [0, 0.05) is 19.2 Å². The summed E-state index contributed by atoms with van der Waals surface area (Å²) in [4.78, 5) is 13.6. The highest BCUT2D eigenvalue weighted by atomic mass is 16.2. The largest absolute Gasteiger partial charge is 0.312 e. The third-order valence-corrected chi connectivity index (χ3v) is 3.40. The van der Waals surface area contributed by atoms with Crippen LogP contribution in [-0.2, 0) is 4.79 Å². The average molecular weight is 229 g/mol. The Labute approximate surface area is 103 Å². The van der Waals surface area contributed by atoms with Crippen LogP contribution in [0.3, 0.4) is 0 Å². The first kappa shape index (κ1) is 11.9. The van der Waals surface area contributed by atoms with Gasteiger partial charge in [0.2, 0.25) is 5.91 Å². The number of hydrogen-bond acceptors (Lipinski definition) is 1. The Kier molecular flexibility index (Phi) is 3.62. The standard InChI is InChI=1S/C15H19NO/c1-3-13-9-10-15(16(11-13)12(2)17)14-7-5-4-6-8-14/h4-8,10,13H,3,9,11H2,1-2H3. The van der Waals surface area contributed by atoms with Crippen LogP contribution in [0.2, 0.25) is 0 Å². The molecule has 1 unspecified atom stereocenters. The molecule has 17 heavy (non-hydrogen) atoms. The van der Waals surface area contributed by atoms with E-state index < -0.39 is 0 Å². The molecular weight excluding hydrogens is 210 g/mol. The molecule has 2 nitrogen and oxygen atoms in total. The third-order valence-electron chi connectivity index (χ3n) is 3.40. The first-order valence-corrected chi connectivity index (χ1v) is 6.26. The van der Waals surface area contributed by atoms with Crippen LogP contribution in [0.25, 0.3) is 5.70 Å². The quantitative estimate of drug-likeness (QED) is 0.762. The second-order valence-electron chi connectivity index (χ2n) is 4.59. The lowest BCUT2D eigenvalue weighted by atomic mass is 9.94. The maximum atomic E-state index is 11.7. The van der Waals surface area contributed by atoms with Crippen molar-refractivity contribution >= 4 is 11.6 Å². The lowest BCUT2D eigenvalue weighted by Gasteiger charge is -2.32. The molecule has 2 rings (SSSR count). The molecule has 0 saturated heterocycles. The Morgan fingerprint density at radius 2 is 2.06 bits per heavy atom. The van der Waals surface area contributed by atoms with Gasteiger partial charge in [-0.1, -0.05) is 49.8 Å². The Balaban J connectivity index is 2.31. The molecule has 0 spiro atoms. The first-order chi connectivity index (χ1) is 8.22. The summed E-state index contributed by atoms with van der Waals surface area (Å²) in [5.41, 5.74) is 2.21. The molecule has 0 aliphatic carbocycles. The van der Waals surface area contributed by atoms with Gasteiger partial charge in [0.05, 0.1) is 0 Å². The van der Waals surface area contributed by atoms with Gasteiger partial charge >= 0.3 is 0 Å². The van der Waals surface area contributed by atoms with Crippen LogP contribution < -0.4 is 0 Å². The van der Waals surface area contributed by atoms with Crippen molar-refractivity contribution in [2.75, 3.05) is 6.54 Å². The maximum absolute atomic E-state index is 11.7. The minimum absolute atomic E-state index is 0.137. The van der Waals surface area contributed by atoms with Crippen molar-refractivity contribution in [2.45, 2.75) is 26.7 Å². The first-order valence-electron chi connectivity index (χ1n) is 6.26. The van der Waals surface area contributed by atoms with Crippen molar-refractivity contribution in [1.29, 1.82) is 0 Å². The fraction of sp³-hybridized carbons (Fsp3) is 0.400. The second-order valence-corrected chi connectivity index (χ2v) is 4.59. The summed E-state index contributed by atoms with van der Waals surface area (Å²) < 4.78 is 0. The predicted octanol–water partition coefficient (Wildman–Crippen LogP) is 3.31. The van der Waals surface area contributed by atoms with E-state index in [4.69, 9.17) is 0 Å². The Hall–Kier alpha value is -1.57. The molecule has 1 aliphatic heterocycles. The summed E-state index contributed by atoms with van der Waals surface area (Å²) in [6.45, 7) is 4.69. The normalized spacial score (nSPS) is 20.0. The average Bonchev–Trinajstić information content (AvgIpc) is 2.39. The van der Waals surface area contributed by atoms with Crippen molar-refractivity contribution < 1.29 is 4.79 Å². The number of carbonyl (C=O) groups excluding carboxylic acids is 1. The fourth-order valence-corrected chi connectivity index (χ4v) is 2.30. The van der Waals surface area contributed by atoms with E-state index in [0.29, 0.717) is 5.92 Å². The Bertz CT molecular complexity index is 422. The third kappa shape index (κ3) is 2.57. The summed E-state index contributed by atoms with van der Waals surface area (Å²) in [6.07, 6.45) is 4.40. The van der Waals surface area contributed by atoms with Gasteiger partial charge < -0.3 is 4.90 Å². The molecule has 0 saturated carbocycles. The lowest BCUT2D eigenvalue weighted by Crippen LogP contribution is -2.34. The topological polar surface area (TPSA) is 20.3 Å². The van der Waals surface area contributed by atoms with Crippen LogP contribution in [0.15, 0.2) is 36.4 Å². The second kappa shape index (κ2) is 5.17. The molecular formula is C15H19NO. The highest BCUT2D eigenvalue weighted by Crippen LogP contribution is 2.28. The van der Waals surface area contributed by atoms with E-state index in [9.17, 15) is 4.79 Å². The van der Waals surface area contributed by atoms with E-state index in [1.807, 2.05) is 23.1 Å². The molecule has 1 heterocycles. The lowest BCUT2D eigenvalue weighted by molar-refractivity contribution is -0.126. The van der Waals surface area contributed by atoms with Crippen molar-refractivity contribution in [3.8, 4) is 0 Å². The van der Waals surface area contributed by atoms with Crippen molar-refractivity contribution in [3.63, 3.8) is 0 Å². The zero-order valence-electron chi connectivity index (χ0n) is 10.5. The van der Waals surface area contributed by atoms with Gasteiger partial charge in [-0.25, -0.2) is 0 Å². The van der Waals surface area contributed by atoms with Crippen LogP contribution in [0.4, 0.5) is 0 Å². The predicted molar refractivity (Wildman–Crippen MR) is 70.2 cm³/mol. The Morgan fingerprint density at radius 3 is 2.65 bits per heavy atom. The van der Waals surface area contributed by atoms with Crippen LogP contribution in [0, 0.1) is 5.92 Å². The highest BCUT2D eigenvalue weighted by molar-refractivity contribution is 5.85. The van der Waals surface area contributed by atoms with Gasteiger partial charge in [-0.05, 0) is 17.9 Å². The van der Waals surface area contributed by atoms with E-state index in [1.54, 1.807) is 6.92 Å². The molecule has 1 amide bonds. The highest BCUT2D eigenvalue weighted by Gasteiger charge is 2.23. The maximum Gasteiger partial charge on any atom is 0.223 e. The van der Waals surface area contributed by atoms with E-state index in [2.05, 4.69) is 25.1 Å². The van der Waals surface area contributed by atoms with Crippen molar-refractivity contribution in [3.05, 3.63) is 42.0 Å². The van der Waals surface area contributed by atoms with Gasteiger partial charge in [-0.3, -0.25) is 4.79 Å². The minimum atomic E-state index is 0.137. The molecule has 1 aliphatic rings. The number of rotatable bonds is 2. The van der Waals surface area contributed by atoms with Crippen LogP contribution in [-0.4, -0.2) is 17.4 Å². The zero-order chi connectivity index (χ0) is 12.3. The van der Waals surface area contributed by atoms with Crippen LogP contribution in [0.1, 0.15) is 32.3 Å². The van der Waals surface area contributed by atoms with Gasteiger partial charge in [-0.15, -0.1) is 0 Å². The summed E-state index contributed by atoms with van der Waals surface area (Å²) in [5.74, 6) is 0.740. The number of hydrogen-bond donors (Lipinski definition) is 0. The van der Waals surface area contributed by atoms with Crippen LogP contribution >= 0.6 is 0 Å². The number of benzene rings is 1. The number of nitrogens with zero attached hydrogens (tertiary/aromatic N) is 1. The molecule has 0 radical (unpaired) electrons. The van der Waals surface area contributed by atoms with E-state index in [0.717, 1.165) is 30.6 Å². The summed E-state index contributed by atoms with van der Waals surface area (Å²) in [5, 5.41) is 0. The molecule has 0 aromatic heterocycles. The molecule has 0 N–H and O–H groups in total. The van der Waals surface area contributed by atoms with Crippen molar-refractivity contribution in [2.24, 2.45) is 5.92 Å². The van der Waals surface area contributed by atoms with Gasteiger partial charge in [0.25, 0.3) is 0 Å². The summed E-state index contributed by atoms with van der Waals surface area (Å²) in [6, 6.07) is 10.2. The summed E-state index contributed by atoms with van der Waals surface area (Å²) >= 11 is 0. The van der Waals surface area contributed by atoms with Gasteiger partial charge in [0.15, 0.2) is 0 Å².